The first-order chi connectivity index (χ1) is 11.0. The van der Waals surface area contributed by atoms with E-state index in [0.717, 1.165) is 12.8 Å². The number of carbonyl (C=O) groups is 1. The molecular formula is C14H20FN3O5. The van der Waals surface area contributed by atoms with Gasteiger partial charge in [-0.1, -0.05) is 0 Å². The summed E-state index contributed by atoms with van der Waals surface area (Å²) in [4.78, 5) is 36.2. The number of amides is 1. The highest BCUT2D eigenvalue weighted by Gasteiger charge is 2.31. The Morgan fingerprint density at radius 1 is 1.39 bits per heavy atom. The van der Waals surface area contributed by atoms with Crippen molar-refractivity contribution in [1.82, 2.24) is 14.9 Å². The quantitative estimate of drug-likeness (QED) is 0.813. The number of carbonyl (C=O) groups excluding carboxylic acids is 1. The van der Waals surface area contributed by atoms with Crippen LogP contribution < -0.4 is 16.6 Å². The molecule has 0 spiro atoms. The minimum Gasteiger partial charge on any atom is -0.381 e. The van der Waals surface area contributed by atoms with Crippen LogP contribution in [0.25, 0.3) is 0 Å². The maximum atomic E-state index is 13.2. The Morgan fingerprint density at radius 3 is 2.78 bits per heavy atom. The summed E-state index contributed by atoms with van der Waals surface area (Å²) in [5, 5.41) is 2.56. The number of aromatic amines is 1. The Labute approximate surface area is 131 Å². The van der Waals surface area contributed by atoms with Crippen molar-refractivity contribution in [2.75, 3.05) is 20.8 Å². The van der Waals surface area contributed by atoms with Crippen LogP contribution in [0.4, 0.5) is 9.18 Å². The van der Waals surface area contributed by atoms with Crippen molar-refractivity contribution >= 4 is 6.03 Å². The maximum absolute atomic E-state index is 13.2. The molecule has 1 aliphatic carbocycles. The molecule has 1 heterocycles. The molecule has 2 rings (SSSR count). The normalized spacial score (nSPS) is 24.4. The second-order valence-corrected chi connectivity index (χ2v) is 5.50. The highest BCUT2D eigenvalue weighted by Crippen LogP contribution is 2.27. The van der Waals surface area contributed by atoms with Gasteiger partial charge in [-0.15, -0.1) is 0 Å². The van der Waals surface area contributed by atoms with E-state index < -0.39 is 23.1 Å². The molecule has 1 aliphatic rings. The van der Waals surface area contributed by atoms with Gasteiger partial charge in [0.2, 0.25) is 5.82 Å². The molecule has 0 aliphatic heterocycles. The SMILES string of the molecule is COC1CCC(OC)C(CNC(=O)n2cc(F)c(=O)[nH]c2=O)C1. The Bertz CT molecular complexity index is 671. The zero-order valence-electron chi connectivity index (χ0n) is 13.0. The van der Waals surface area contributed by atoms with E-state index in [-0.39, 0.29) is 24.7 Å². The fourth-order valence-electron chi connectivity index (χ4n) is 2.83. The molecule has 1 amide bonds. The lowest BCUT2D eigenvalue weighted by molar-refractivity contribution is -0.0327. The molecule has 128 valence electrons. The number of rotatable bonds is 4. The predicted octanol–water partition coefficient (Wildman–Crippen LogP) is 0.0635. The van der Waals surface area contributed by atoms with Gasteiger partial charge in [0, 0.05) is 26.7 Å². The van der Waals surface area contributed by atoms with E-state index >= 15 is 0 Å². The van der Waals surface area contributed by atoms with Gasteiger partial charge in [0.1, 0.15) is 0 Å². The van der Waals surface area contributed by atoms with Crippen molar-refractivity contribution in [3.63, 3.8) is 0 Å². The van der Waals surface area contributed by atoms with Gasteiger partial charge in [-0.05, 0) is 19.3 Å². The van der Waals surface area contributed by atoms with Crippen LogP contribution in [0.1, 0.15) is 19.3 Å². The molecule has 0 saturated heterocycles. The zero-order valence-corrected chi connectivity index (χ0v) is 13.0. The molecule has 1 aromatic rings. The fourth-order valence-corrected chi connectivity index (χ4v) is 2.83. The zero-order chi connectivity index (χ0) is 17.0. The van der Waals surface area contributed by atoms with E-state index in [2.05, 4.69) is 5.32 Å². The first-order valence-corrected chi connectivity index (χ1v) is 7.31. The van der Waals surface area contributed by atoms with E-state index in [9.17, 15) is 18.8 Å². The minimum absolute atomic E-state index is 0.0194. The molecule has 1 saturated carbocycles. The van der Waals surface area contributed by atoms with E-state index in [1.165, 1.54) is 0 Å². The lowest BCUT2D eigenvalue weighted by Crippen LogP contribution is -2.45. The molecule has 0 bridgehead atoms. The summed E-state index contributed by atoms with van der Waals surface area (Å²) in [5.41, 5.74) is -2.15. The van der Waals surface area contributed by atoms with Gasteiger partial charge in [-0.25, -0.2) is 14.2 Å². The van der Waals surface area contributed by atoms with Crippen molar-refractivity contribution in [1.29, 1.82) is 0 Å². The molecular weight excluding hydrogens is 309 g/mol. The molecule has 1 aromatic heterocycles. The fraction of sp³-hybridized carbons (Fsp3) is 0.643. The first kappa shape index (κ1) is 17.4. The van der Waals surface area contributed by atoms with Gasteiger partial charge in [0.25, 0.3) is 5.56 Å². The summed E-state index contributed by atoms with van der Waals surface area (Å²) in [5.74, 6) is -1.18. The van der Waals surface area contributed by atoms with E-state index in [1.807, 2.05) is 0 Å². The molecule has 3 atom stereocenters. The van der Waals surface area contributed by atoms with Gasteiger partial charge < -0.3 is 14.8 Å². The molecule has 8 nitrogen and oxygen atoms in total. The highest BCUT2D eigenvalue weighted by atomic mass is 19.1. The Kier molecular flexibility index (Phi) is 5.67. The average Bonchev–Trinajstić information content (AvgIpc) is 2.55. The summed E-state index contributed by atoms with van der Waals surface area (Å²) < 4.78 is 24.5. The molecule has 1 fully saturated rings. The minimum atomic E-state index is -1.20. The number of nitrogens with one attached hydrogen (secondary N) is 2. The van der Waals surface area contributed by atoms with Crippen LogP contribution in [0.15, 0.2) is 15.8 Å². The molecule has 23 heavy (non-hydrogen) atoms. The number of hydrogen-bond acceptors (Lipinski definition) is 5. The van der Waals surface area contributed by atoms with Crippen LogP contribution in [-0.4, -0.2) is 48.6 Å². The van der Waals surface area contributed by atoms with Gasteiger partial charge in [0.15, 0.2) is 0 Å². The molecule has 0 aromatic carbocycles. The van der Waals surface area contributed by atoms with Crippen LogP contribution in [0.3, 0.4) is 0 Å². The number of H-pyrrole nitrogens is 1. The van der Waals surface area contributed by atoms with Crippen molar-refractivity contribution in [2.24, 2.45) is 5.92 Å². The van der Waals surface area contributed by atoms with Gasteiger partial charge in [-0.2, -0.15) is 4.39 Å². The largest absolute Gasteiger partial charge is 0.381 e. The monoisotopic (exact) mass is 329 g/mol. The lowest BCUT2D eigenvalue weighted by Gasteiger charge is -2.34. The molecule has 3 unspecified atom stereocenters. The predicted molar refractivity (Wildman–Crippen MR) is 79.0 cm³/mol. The summed E-state index contributed by atoms with van der Waals surface area (Å²) in [6.07, 6.45) is 3.04. The van der Waals surface area contributed by atoms with Crippen molar-refractivity contribution in [2.45, 2.75) is 31.5 Å². The summed E-state index contributed by atoms with van der Waals surface area (Å²) in [7, 11) is 3.24. The number of ether oxygens (including phenoxy) is 2. The number of nitrogens with zero attached hydrogens (tertiary/aromatic N) is 1. The molecule has 0 radical (unpaired) electrons. The number of hydrogen-bond donors (Lipinski definition) is 2. The smallest absolute Gasteiger partial charge is 0.336 e. The topological polar surface area (TPSA) is 102 Å². The third-order valence-electron chi connectivity index (χ3n) is 4.13. The van der Waals surface area contributed by atoms with Crippen LogP contribution >= 0.6 is 0 Å². The standard InChI is InChI=1S/C14H20FN3O5/c1-22-9-3-4-11(23-2)8(5-9)6-16-13(20)18-7-10(15)12(19)17-14(18)21/h7-9,11H,3-6H2,1-2H3,(H,16,20)(H,17,19,21). The molecule has 2 N–H and O–H groups in total. The third kappa shape index (κ3) is 4.05. The summed E-state index contributed by atoms with van der Waals surface area (Å²) in [6.45, 7) is 0.254. The van der Waals surface area contributed by atoms with Crippen LogP contribution in [0.2, 0.25) is 0 Å². The van der Waals surface area contributed by atoms with Crippen molar-refractivity contribution in [3.8, 4) is 0 Å². The number of aromatic nitrogens is 2. The summed E-state index contributed by atoms with van der Waals surface area (Å²) >= 11 is 0. The third-order valence-corrected chi connectivity index (χ3v) is 4.13. The van der Waals surface area contributed by atoms with E-state index in [4.69, 9.17) is 9.47 Å². The van der Waals surface area contributed by atoms with Gasteiger partial charge in [-0.3, -0.25) is 9.78 Å². The van der Waals surface area contributed by atoms with Crippen LogP contribution in [0.5, 0.6) is 0 Å². The van der Waals surface area contributed by atoms with Crippen LogP contribution in [0, 0.1) is 11.7 Å². The second kappa shape index (κ2) is 7.51. The van der Waals surface area contributed by atoms with Gasteiger partial charge >= 0.3 is 11.7 Å². The lowest BCUT2D eigenvalue weighted by atomic mass is 9.84. The number of halogens is 1. The number of methoxy groups -OCH3 is 2. The average molecular weight is 329 g/mol. The van der Waals surface area contributed by atoms with E-state index in [0.29, 0.717) is 17.2 Å². The van der Waals surface area contributed by atoms with Crippen molar-refractivity contribution in [3.05, 3.63) is 32.9 Å². The maximum Gasteiger partial charge on any atom is 0.336 e. The Hall–Kier alpha value is -2.00. The first-order valence-electron chi connectivity index (χ1n) is 7.31. The van der Waals surface area contributed by atoms with E-state index in [1.54, 1.807) is 19.2 Å². The molecule has 9 heteroatoms. The Morgan fingerprint density at radius 2 is 2.13 bits per heavy atom. The summed E-state index contributed by atoms with van der Waals surface area (Å²) in [6, 6.07) is -0.806. The second-order valence-electron chi connectivity index (χ2n) is 5.50. The van der Waals surface area contributed by atoms with Crippen LogP contribution in [-0.2, 0) is 9.47 Å². The van der Waals surface area contributed by atoms with Crippen molar-refractivity contribution < 1.29 is 18.7 Å². The highest BCUT2D eigenvalue weighted by molar-refractivity contribution is 5.76. The Balaban J connectivity index is 2.04. The van der Waals surface area contributed by atoms with Gasteiger partial charge in [0.05, 0.1) is 18.4 Å².